The van der Waals surface area contributed by atoms with E-state index in [9.17, 15) is 24.6 Å². The molecule has 1 aromatic carbocycles. The molecule has 8 heteroatoms. The molecule has 1 heterocycles. The van der Waals surface area contributed by atoms with Crippen LogP contribution in [0.5, 0.6) is 0 Å². The summed E-state index contributed by atoms with van der Waals surface area (Å²) in [7, 11) is 3.62. The number of ether oxygens (including phenoxy) is 1. The first kappa shape index (κ1) is 24.9. The SMILES string of the molecule is CC1=C(C(=O)O)CC(C(=O)O)=C(CN(C)C)N1c1ccccc1C=CC(=O)OC(C)(C)C. The molecular weight excluding hydrogens is 412 g/mol. The molecule has 0 radical (unpaired) electrons. The molecule has 8 nitrogen and oxygen atoms in total. The maximum Gasteiger partial charge on any atom is 0.333 e. The van der Waals surface area contributed by atoms with Gasteiger partial charge >= 0.3 is 17.9 Å². The largest absolute Gasteiger partial charge is 0.478 e. The quantitative estimate of drug-likeness (QED) is 0.488. The molecule has 0 amide bonds. The van der Waals surface area contributed by atoms with E-state index in [-0.39, 0.29) is 24.1 Å². The number of carbonyl (C=O) groups excluding carboxylic acids is 1. The zero-order valence-electron chi connectivity index (χ0n) is 19.3. The number of allylic oxidation sites excluding steroid dienone is 1. The summed E-state index contributed by atoms with van der Waals surface area (Å²) in [5, 5.41) is 19.5. The monoisotopic (exact) mass is 442 g/mol. The van der Waals surface area contributed by atoms with Gasteiger partial charge in [-0.05, 0) is 59.5 Å². The molecule has 2 N–H and O–H groups in total. The number of hydrogen-bond acceptors (Lipinski definition) is 6. The Hall–Kier alpha value is -3.39. The maximum atomic E-state index is 12.2. The minimum atomic E-state index is -1.17. The third-order valence-corrected chi connectivity index (χ3v) is 4.71. The highest BCUT2D eigenvalue weighted by atomic mass is 16.6. The van der Waals surface area contributed by atoms with Crippen LogP contribution in [0, 0.1) is 0 Å². The van der Waals surface area contributed by atoms with E-state index in [0.717, 1.165) is 0 Å². The van der Waals surface area contributed by atoms with Crippen molar-refractivity contribution < 1.29 is 29.3 Å². The fourth-order valence-corrected chi connectivity index (χ4v) is 3.43. The number of hydrogen-bond donors (Lipinski definition) is 2. The number of para-hydroxylation sites is 1. The molecule has 0 aromatic heterocycles. The van der Waals surface area contributed by atoms with Crippen molar-refractivity contribution in [3.05, 3.63) is 58.4 Å². The first-order valence-corrected chi connectivity index (χ1v) is 10.1. The van der Waals surface area contributed by atoms with Gasteiger partial charge in [0.05, 0.1) is 16.8 Å². The number of nitrogens with zero attached hydrogens (tertiary/aromatic N) is 2. The summed E-state index contributed by atoms with van der Waals surface area (Å²) in [5.74, 6) is -2.85. The van der Waals surface area contributed by atoms with E-state index in [1.54, 1.807) is 62.9 Å². The van der Waals surface area contributed by atoms with Crippen molar-refractivity contribution in [3.63, 3.8) is 0 Å². The molecule has 0 atom stereocenters. The second kappa shape index (κ2) is 9.82. The van der Waals surface area contributed by atoms with Gasteiger partial charge in [-0.2, -0.15) is 0 Å². The summed E-state index contributed by atoms with van der Waals surface area (Å²) < 4.78 is 5.32. The fourth-order valence-electron chi connectivity index (χ4n) is 3.43. The van der Waals surface area contributed by atoms with E-state index in [1.165, 1.54) is 6.08 Å². The van der Waals surface area contributed by atoms with E-state index < -0.39 is 23.5 Å². The van der Waals surface area contributed by atoms with Gasteiger partial charge in [0.15, 0.2) is 0 Å². The standard InChI is InChI=1S/C24H30N2O6/c1-15-17(22(28)29)13-18(23(30)31)20(14-25(5)6)26(15)19-10-8-7-9-16(19)11-12-21(27)32-24(2,3)4/h7-12H,13-14H2,1-6H3,(H,28,29)(H,30,31). The average molecular weight is 443 g/mol. The number of likely N-dealkylation sites (N-methyl/N-ethyl adjacent to an activating group) is 1. The summed E-state index contributed by atoms with van der Waals surface area (Å²) in [6, 6.07) is 7.09. The molecule has 0 bridgehead atoms. The van der Waals surface area contributed by atoms with Crippen LogP contribution in [0.3, 0.4) is 0 Å². The lowest BCUT2D eigenvalue weighted by Gasteiger charge is -2.36. The Kier molecular flexibility index (Phi) is 7.64. The van der Waals surface area contributed by atoms with Crippen LogP contribution in [0.1, 0.15) is 39.7 Å². The Morgan fingerprint density at radius 2 is 1.69 bits per heavy atom. The molecule has 1 aliphatic heterocycles. The van der Waals surface area contributed by atoms with E-state index in [0.29, 0.717) is 22.6 Å². The number of anilines is 1. The van der Waals surface area contributed by atoms with E-state index in [2.05, 4.69) is 0 Å². The minimum Gasteiger partial charge on any atom is -0.478 e. The van der Waals surface area contributed by atoms with Crippen molar-refractivity contribution >= 4 is 29.7 Å². The molecule has 0 saturated heterocycles. The predicted octanol–water partition coefficient (Wildman–Crippen LogP) is 3.51. The van der Waals surface area contributed by atoms with Crippen LogP contribution in [0.4, 0.5) is 5.69 Å². The molecule has 0 unspecified atom stereocenters. The predicted molar refractivity (Wildman–Crippen MR) is 122 cm³/mol. The highest BCUT2D eigenvalue weighted by Crippen LogP contribution is 2.37. The number of carbonyl (C=O) groups is 3. The third kappa shape index (κ3) is 6.07. The number of benzene rings is 1. The van der Waals surface area contributed by atoms with Crippen molar-refractivity contribution in [3.8, 4) is 0 Å². The molecule has 1 aromatic rings. The zero-order chi connectivity index (χ0) is 24.2. The van der Waals surface area contributed by atoms with Gasteiger partial charge in [0, 0.05) is 30.4 Å². The van der Waals surface area contributed by atoms with Crippen LogP contribution >= 0.6 is 0 Å². The summed E-state index contributed by atoms with van der Waals surface area (Å²) in [5.41, 5.74) is 1.48. The average Bonchev–Trinajstić information content (AvgIpc) is 2.65. The van der Waals surface area contributed by atoms with Gasteiger partial charge in [0.1, 0.15) is 5.60 Å². The van der Waals surface area contributed by atoms with Crippen LogP contribution < -0.4 is 4.90 Å². The number of carboxylic acids is 2. The Balaban J connectivity index is 2.65. The second-order valence-corrected chi connectivity index (χ2v) is 8.78. The third-order valence-electron chi connectivity index (χ3n) is 4.71. The lowest BCUT2D eigenvalue weighted by molar-refractivity contribution is -0.148. The van der Waals surface area contributed by atoms with Crippen LogP contribution in [0.25, 0.3) is 6.08 Å². The van der Waals surface area contributed by atoms with Crippen LogP contribution in [0.2, 0.25) is 0 Å². The molecule has 0 fully saturated rings. The second-order valence-electron chi connectivity index (χ2n) is 8.78. The van der Waals surface area contributed by atoms with Crippen molar-refractivity contribution in [2.45, 2.75) is 39.7 Å². The topological polar surface area (TPSA) is 107 Å². The molecule has 0 saturated carbocycles. The summed E-state index contributed by atoms with van der Waals surface area (Å²) in [6.07, 6.45) is 2.71. The Morgan fingerprint density at radius 3 is 2.22 bits per heavy atom. The van der Waals surface area contributed by atoms with Crippen molar-refractivity contribution in [2.75, 3.05) is 25.5 Å². The van der Waals surface area contributed by atoms with Crippen LogP contribution in [-0.2, 0) is 19.1 Å². The first-order chi connectivity index (χ1) is 14.8. The van der Waals surface area contributed by atoms with Gasteiger partial charge in [0.2, 0.25) is 0 Å². The number of carboxylic acid groups (broad SMARTS) is 2. The highest BCUT2D eigenvalue weighted by Gasteiger charge is 2.33. The van der Waals surface area contributed by atoms with Gasteiger partial charge in [-0.3, -0.25) is 0 Å². The number of esters is 1. The van der Waals surface area contributed by atoms with Gasteiger partial charge in [-0.25, -0.2) is 14.4 Å². The fraction of sp³-hybridized carbons (Fsp3) is 0.375. The summed E-state index contributed by atoms with van der Waals surface area (Å²) >= 11 is 0. The van der Waals surface area contributed by atoms with E-state index >= 15 is 0 Å². The van der Waals surface area contributed by atoms with Gasteiger partial charge in [-0.15, -0.1) is 0 Å². The van der Waals surface area contributed by atoms with Gasteiger partial charge in [-0.1, -0.05) is 18.2 Å². The molecular formula is C24H30N2O6. The molecule has 2 rings (SSSR count). The first-order valence-electron chi connectivity index (χ1n) is 10.1. The van der Waals surface area contributed by atoms with Crippen molar-refractivity contribution in [1.82, 2.24) is 4.90 Å². The lowest BCUT2D eigenvalue weighted by atomic mass is 9.94. The maximum absolute atomic E-state index is 12.2. The molecule has 1 aliphatic rings. The zero-order valence-corrected chi connectivity index (χ0v) is 19.3. The summed E-state index contributed by atoms with van der Waals surface area (Å²) in [6.45, 7) is 7.26. The summed E-state index contributed by atoms with van der Waals surface area (Å²) in [4.78, 5) is 39.6. The van der Waals surface area contributed by atoms with E-state index in [1.807, 2.05) is 19.0 Å². The Labute approximate surface area is 188 Å². The normalized spacial score (nSPS) is 15.0. The number of rotatable bonds is 7. The van der Waals surface area contributed by atoms with Crippen molar-refractivity contribution in [2.24, 2.45) is 0 Å². The lowest BCUT2D eigenvalue weighted by Crippen LogP contribution is -2.36. The molecule has 172 valence electrons. The van der Waals surface area contributed by atoms with Crippen LogP contribution in [-0.4, -0.2) is 59.3 Å². The Bertz CT molecular complexity index is 1010. The van der Waals surface area contributed by atoms with Crippen LogP contribution in [0.15, 0.2) is 52.9 Å². The van der Waals surface area contributed by atoms with Gasteiger partial charge in [0.25, 0.3) is 0 Å². The molecule has 0 aliphatic carbocycles. The molecule has 0 spiro atoms. The molecule has 32 heavy (non-hydrogen) atoms. The van der Waals surface area contributed by atoms with E-state index in [4.69, 9.17) is 4.74 Å². The smallest absolute Gasteiger partial charge is 0.333 e. The number of aliphatic carboxylic acids is 2. The Morgan fingerprint density at radius 1 is 1.09 bits per heavy atom. The minimum absolute atomic E-state index is 0.0100. The van der Waals surface area contributed by atoms with Crippen molar-refractivity contribution in [1.29, 1.82) is 0 Å². The van der Waals surface area contributed by atoms with Gasteiger partial charge < -0.3 is 24.7 Å². The highest BCUT2D eigenvalue weighted by molar-refractivity contribution is 5.98.